The average molecular weight is 278 g/mol. The van der Waals surface area contributed by atoms with Gasteiger partial charge >= 0.3 is 5.97 Å². The number of rotatable bonds is 4. The Morgan fingerprint density at radius 1 is 1.05 bits per heavy atom. The lowest BCUT2D eigenvalue weighted by Gasteiger charge is -2.14. The third kappa shape index (κ3) is 2.74. The summed E-state index contributed by atoms with van der Waals surface area (Å²) in [5.74, 6) is -1.48. The first kappa shape index (κ1) is 13.2. The fraction of sp³-hybridized carbons (Fsp3) is 0.118. The summed E-state index contributed by atoms with van der Waals surface area (Å²) in [6.45, 7) is 0. The number of nitrogens with zero attached hydrogens (tertiary/aromatic N) is 2. The van der Waals surface area contributed by atoms with E-state index >= 15 is 0 Å². The van der Waals surface area contributed by atoms with E-state index in [1.807, 2.05) is 54.6 Å². The molecule has 4 nitrogen and oxygen atoms in total. The van der Waals surface area contributed by atoms with Gasteiger partial charge < -0.3 is 5.11 Å². The smallest absolute Gasteiger partial charge is 0.311 e. The van der Waals surface area contributed by atoms with Crippen molar-refractivity contribution in [2.45, 2.75) is 12.3 Å². The molecule has 1 N–H and O–H groups in total. The lowest BCUT2D eigenvalue weighted by atomic mass is 9.91. The number of hydrogen-bond acceptors (Lipinski definition) is 3. The summed E-state index contributed by atoms with van der Waals surface area (Å²) in [6.07, 6.45) is 2.00. The summed E-state index contributed by atoms with van der Waals surface area (Å²) < 4.78 is 0. The minimum atomic E-state index is -0.850. The first-order valence-electron chi connectivity index (χ1n) is 6.73. The minimum absolute atomic E-state index is 0.436. The van der Waals surface area contributed by atoms with Crippen molar-refractivity contribution >= 4 is 16.9 Å². The van der Waals surface area contributed by atoms with E-state index in [1.54, 1.807) is 6.20 Å². The second-order valence-electron chi connectivity index (χ2n) is 4.90. The van der Waals surface area contributed by atoms with Crippen LogP contribution in [0.2, 0.25) is 0 Å². The van der Waals surface area contributed by atoms with E-state index in [4.69, 9.17) is 0 Å². The van der Waals surface area contributed by atoms with Gasteiger partial charge in [0.25, 0.3) is 0 Å². The minimum Gasteiger partial charge on any atom is -0.481 e. The summed E-state index contributed by atoms with van der Waals surface area (Å²) in [4.78, 5) is 11.7. The van der Waals surface area contributed by atoms with Gasteiger partial charge in [-0.25, -0.2) is 0 Å². The predicted octanol–water partition coefficient (Wildman–Crippen LogP) is 3.04. The third-order valence-electron chi connectivity index (χ3n) is 3.53. The molecule has 0 spiro atoms. The SMILES string of the molecule is O=C(O)C(Cc1ccccc1)c1cnnc2ccccc12. The molecular weight excluding hydrogens is 264 g/mol. The molecule has 0 saturated carbocycles. The number of hydrogen-bond donors (Lipinski definition) is 1. The van der Waals surface area contributed by atoms with Gasteiger partial charge in [0, 0.05) is 5.39 Å². The summed E-state index contributed by atoms with van der Waals surface area (Å²) in [7, 11) is 0. The monoisotopic (exact) mass is 278 g/mol. The van der Waals surface area contributed by atoms with Crippen LogP contribution >= 0.6 is 0 Å². The summed E-state index contributed by atoms with van der Waals surface area (Å²) in [6, 6.07) is 17.1. The highest BCUT2D eigenvalue weighted by molar-refractivity contribution is 5.88. The molecule has 1 heterocycles. The molecule has 0 bridgehead atoms. The molecule has 0 radical (unpaired) electrons. The molecule has 1 aromatic heterocycles. The maximum Gasteiger partial charge on any atom is 0.311 e. The quantitative estimate of drug-likeness (QED) is 0.796. The van der Waals surface area contributed by atoms with Crippen LogP contribution in [0.5, 0.6) is 0 Å². The number of carboxylic acids is 1. The summed E-state index contributed by atoms with van der Waals surface area (Å²) in [5, 5.41) is 18.4. The molecule has 1 atom stereocenters. The van der Waals surface area contributed by atoms with Gasteiger partial charge in [0.15, 0.2) is 0 Å². The largest absolute Gasteiger partial charge is 0.481 e. The van der Waals surface area contributed by atoms with E-state index in [9.17, 15) is 9.90 Å². The van der Waals surface area contributed by atoms with Crippen LogP contribution in [0.15, 0.2) is 60.8 Å². The van der Waals surface area contributed by atoms with E-state index in [-0.39, 0.29) is 0 Å². The zero-order valence-corrected chi connectivity index (χ0v) is 11.3. The highest BCUT2D eigenvalue weighted by Crippen LogP contribution is 2.26. The highest BCUT2D eigenvalue weighted by atomic mass is 16.4. The van der Waals surface area contributed by atoms with Crippen molar-refractivity contribution in [2.75, 3.05) is 0 Å². The fourth-order valence-corrected chi connectivity index (χ4v) is 2.49. The van der Waals surface area contributed by atoms with Crippen molar-refractivity contribution < 1.29 is 9.90 Å². The molecule has 3 rings (SSSR count). The maximum atomic E-state index is 11.7. The van der Waals surface area contributed by atoms with E-state index < -0.39 is 11.9 Å². The van der Waals surface area contributed by atoms with Gasteiger partial charge in [0.1, 0.15) is 0 Å². The molecule has 0 aliphatic rings. The molecule has 2 aromatic carbocycles. The molecule has 21 heavy (non-hydrogen) atoms. The Morgan fingerprint density at radius 3 is 2.52 bits per heavy atom. The third-order valence-corrected chi connectivity index (χ3v) is 3.53. The molecule has 3 aromatic rings. The first-order valence-corrected chi connectivity index (χ1v) is 6.73. The zero-order valence-electron chi connectivity index (χ0n) is 11.3. The van der Waals surface area contributed by atoms with E-state index in [0.29, 0.717) is 17.5 Å². The van der Waals surface area contributed by atoms with Crippen molar-refractivity contribution in [1.82, 2.24) is 10.2 Å². The Hall–Kier alpha value is -2.75. The number of aromatic nitrogens is 2. The summed E-state index contributed by atoms with van der Waals surface area (Å²) >= 11 is 0. The topological polar surface area (TPSA) is 63.1 Å². The number of carbonyl (C=O) groups is 1. The van der Waals surface area contributed by atoms with Crippen molar-refractivity contribution in [3.8, 4) is 0 Å². The fourth-order valence-electron chi connectivity index (χ4n) is 2.49. The predicted molar refractivity (Wildman–Crippen MR) is 80.1 cm³/mol. The van der Waals surface area contributed by atoms with Gasteiger partial charge in [0.05, 0.1) is 17.6 Å². The Bertz CT molecular complexity index is 767. The Balaban J connectivity index is 2.06. The van der Waals surface area contributed by atoms with Crippen LogP contribution in [-0.4, -0.2) is 21.3 Å². The Morgan fingerprint density at radius 2 is 1.76 bits per heavy atom. The van der Waals surface area contributed by atoms with E-state index in [0.717, 1.165) is 10.9 Å². The Labute approximate surface area is 122 Å². The highest BCUT2D eigenvalue weighted by Gasteiger charge is 2.23. The van der Waals surface area contributed by atoms with Gasteiger partial charge in [-0.1, -0.05) is 48.5 Å². The van der Waals surface area contributed by atoms with Crippen LogP contribution in [0.25, 0.3) is 10.9 Å². The van der Waals surface area contributed by atoms with E-state index in [2.05, 4.69) is 10.2 Å². The molecule has 1 unspecified atom stereocenters. The maximum absolute atomic E-state index is 11.7. The summed E-state index contributed by atoms with van der Waals surface area (Å²) in [5.41, 5.74) is 2.41. The van der Waals surface area contributed by atoms with Crippen molar-refractivity contribution in [2.24, 2.45) is 0 Å². The standard InChI is InChI=1S/C17H14N2O2/c20-17(21)14(10-12-6-2-1-3-7-12)15-11-18-19-16-9-5-4-8-13(15)16/h1-9,11,14H,10H2,(H,20,21). The zero-order chi connectivity index (χ0) is 14.7. The first-order chi connectivity index (χ1) is 10.3. The van der Waals surface area contributed by atoms with Gasteiger partial charge in [-0.3, -0.25) is 4.79 Å². The van der Waals surface area contributed by atoms with E-state index in [1.165, 1.54) is 0 Å². The number of aliphatic carboxylic acids is 1. The molecule has 4 heteroatoms. The Kier molecular flexibility index (Phi) is 3.60. The molecule has 0 saturated heterocycles. The van der Waals surface area contributed by atoms with Crippen LogP contribution in [0.1, 0.15) is 17.0 Å². The number of fused-ring (bicyclic) bond motifs is 1. The van der Waals surface area contributed by atoms with Crippen LogP contribution in [0.3, 0.4) is 0 Å². The van der Waals surface area contributed by atoms with Crippen LogP contribution in [0.4, 0.5) is 0 Å². The van der Waals surface area contributed by atoms with Crippen molar-refractivity contribution in [3.05, 3.63) is 71.9 Å². The van der Waals surface area contributed by atoms with Crippen molar-refractivity contribution in [1.29, 1.82) is 0 Å². The number of benzene rings is 2. The molecular formula is C17H14N2O2. The molecule has 0 aliphatic heterocycles. The van der Waals surface area contributed by atoms with Crippen LogP contribution < -0.4 is 0 Å². The van der Waals surface area contributed by atoms with Gasteiger partial charge in [-0.15, -0.1) is 0 Å². The number of carboxylic acid groups (broad SMARTS) is 1. The normalized spacial score (nSPS) is 12.2. The van der Waals surface area contributed by atoms with Crippen LogP contribution in [0, 0.1) is 0 Å². The van der Waals surface area contributed by atoms with Gasteiger partial charge in [-0.2, -0.15) is 10.2 Å². The second-order valence-corrected chi connectivity index (χ2v) is 4.90. The average Bonchev–Trinajstić information content (AvgIpc) is 2.53. The molecule has 0 amide bonds. The molecule has 104 valence electrons. The van der Waals surface area contributed by atoms with Crippen molar-refractivity contribution in [3.63, 3.8) is 0 Å². The second kappa shape index (κ2) is 5.71. The lowest BCUT2D eigenvalue weighted by Crippen LogP contribution is -2.15. The van der Waals surface area contributed by atoms with Gasteiger partial charge in [0.2, 0.25) is 0 Å². The molecule has 0 aliphatic carbocycles. The molecule has 0 fully saturated rings. The lowest BCUT2D eigenvalue weighted by molar-refractivity contribution is -0.138. The van der Waals surface area contributed by atoms with Crippen LogP contribution in [-0.2, 0) is 11.2 Å². The van der Waals surface area contributed by atoms with Gasteiger partial charge in [-0.05, 0) is 23.6 Å².